The second-order valence-corrected chi connectivity index (χ2v) is 29.5. The largest absolute Gasteiger partial charge is 0.472 e. The second-order valence-electron chi connectivity index (χ2n) is 26.6. The fourth-order valence-electron chi connectivity index (χ4n) is 10.2. The van der Waals surface area contributed by atoms with Crippen molar-refractivity contribution in [1.29, 1.82) is 0 Å². The summed E-state index contributed by atoms with van der Waals surface area (Å²) < 4.78 is 68.6. The molecule has 0 aromatic heterocycles. The molecule has 19 heteroatoms. The number of aliphatic hydroxyl groups excluding tert-OH is 1. The van der Waals surface area contributed by atoms with Gasteiger partial charge in [0.1, 0.15) is 19.3 Å². The standard InChI is InChI=1S/C89H144O17P2/c1-5-9-13-17-21-25-29-33-37-39-41-43-47-50-54-58-62-66-70-74-87(92)100-80-85(106-89(94)76-72-68-64-60-56-52-48-44-42-40-38-34-30-26-22-18-14-10-6-2)82-104-108(97,98)102-78-83(90)77-101-107(95,96)103-81-84(105-88(93)75-71-67-63-59-55-51-46-36-32-28-24-20-16-12-8-4)79-99-86(91)73-69-65-61-57-53-49-45-35-31-27-23-19-15-11-7-3/h9,11-13,15-16,21-28,33-38,41-46,50,53-54,57,83-85,90H,5-8,10,14,17-20,29-32,39-40,47-49,51-52,55-56,58-82H2,1-4H3,(H,95,96)(H,97,98)/b13-9-,15-11-,16-12-,25-21-,26-22-,27-23-,28-24-,37-33-,38-34-,43-41-,44-42-,45-35-,46-36-,54-50-,57-53-. The average Bonchev–Trinajstić information content (AvgIpc) is 0.896. The molecule has 3 N–H and O–H groups in total. The Kier molecular flexibility index (Phi) is 75.0. The summed E-state index contributed by atoms with van der Waals surface area (Å²) in [6.45, 7) is 4.38. The molecule has 612 valence electrons. The molecule has 0 bridgehead atoms. The molecule has 0 rings (SSSR count). The van der Waals surface area contributed by atoms with Crippen LogP contribution in [-0.2, 0) is 65.4 Å². The van der Waals surface area contributed by atoms with Gasteiger partial charge in [0.15, 0.2) is 12.2 Å². The lowest BCUT2D eigenvalue weighted by Gasteiger charge is -2.21. The van der Waals surface area contributed by atoms with E-state index in [2.05, 4.69) is 210 Å². The van der Waals surface area contributed by atoms with E-state index in [9.17, 15) is 43.2 Å². The SMILES string of the molecule is CC/C=C\C/C=C\C/C=C\C/C=C\C/C=C\CCCCCC(=O)OCC(COP(=O)(O)OCC(O)COP(=O)(O)OCC(COC(=O)CCCC/C=C\C/C=C\C/C=C\C/C=C\CC)OC(=O)CCCCCCC/C=C\C/C=C\C/C=C\CC)OC(=O)CCCCCCCC/C=C\C/C=C\C/C=C\CCCCC. The summed E-state index contributed by atoms with van der Waals surface area (Å²) in [6.07, 6.45) is 95.8. The summed E-state index contributed by atoms with van der Waals surface area (Å²) in [5.41, 5.74) is 0. The van der Waals surface area contributed by atoms with E-state index >= 15 is 0 Å². The summed E-state index contributed by atoms with van der Waals surface area (Å²) in [4.78, 5) is 73.1. The maximum absolute atomic E-state index is 13.1. The van der Waals surface area contributed by atoms with Crippen molar-refractivity contribution in [3.63, 3.8) is 0 Å². The van der Waals surface area contributed by atoms with E-state index in [1.165, 1.54) is 19.3 Å². The molecule has 0 aliphatic heterocycles. The smallest absolute Gasteiger partial charge is 0.462 e. The number of carbonyl (C=O) groups is 4. The van der Waals surface area contributed by atoms with Crippen molar-refractivity contribution in [2.45, 2.75) is 316 Å². The number of phosphoric ester groups is 2. The van der Waals surface area contributed by atoms with Crippen LogP contribution in [-0.4, -0.2) is 96.7 Å². The van der Waals surface area contributed by atoms with Gasteiger partial charge in [-0.3, -0.25) is 37.3 Å². The number of ether oxygens (including phenoxy) is 4. The highest BCUT2D eigenvalue weighted by Gasteiger charge is 2.30. The summed E-state index contributed by atoms with van der Waals surface area (Å²) >= 11 is 0. The van der Waals surface area contributed by atoms with Gasteiger partial charge in [0.25, 0.3) is 0 Å². The van der Waals surface area contributed by atoms with Crippen molar-refractivity contribution in [2.75, 3.05) is 39.6 Å². The zero-order valence-electron chi connectivity index (χ0n) is 66.9. The van der Waals surface area contributed by atoms with Crippen LogP contribution in [0.4, 0.5) is 0 Å². The minimum absolute atomic E-state index is 0.0588. The van der Waals surface area contributed by atoms with Gasteiger partial charge in [-0.2, -0.15) is 0 Å². The van der Waals surface area contributed by atoms with Gasteiger partial charge in [0.2, 0.25) is 0 Å². The van der Waals surface area contributed by atoms with E-state index in [1.54, 1.807) is 0 Å². The van der Waals surface area contributed by atoms with E-state index in [4.69, 9.17) is 37.0 Å². The van der Waals surface area contributed by atoms with Crippen LogP contribution >= 0.6 is 15.6 Å². The van der Waals surface area contributed by atoms with Crippen LogP contribution in [0.2, 0.25) is 0 Å². The van der Waals surface area contributed by atoms with Gasteiger partial charge in [-0.1, -0.05) is 274 Å². The van der Waals surface area contributed by atoms with E-state index in [-0.39, 0.29) is 25.7 Å². The molecule has 0 aliphatic rings. The van der Waals surface area contributed by atoms with Gasteiger partial charge in [-0.25, -0.2) is 9.13 Å². The van der Waals surface area contributed by atoms with E-state index < -0.39 is 97.5 Å². The van der Waals surface area contributed by atoms with Crippen molar-refractivity contribution < 1.29 is 80.2 Å². The first kappa shape index (κ1) is 102. The number of unbranched alkanes of at least 4 members (excludes halogenated alkanes) is 19. The van der Waals surface area contributed by atoms with Crippen molar-refractivity contribution in [1.82, 2.24) is 0 Å². The van der Waals surface area contributed by atoms with Gasteiger partial charge >= 0.3 is 39.5 Å². The molecule has 0 fully saturated rings. The lowest BCUT2D eigenvalue weighted by molar-refractivity contribution is -0.161. The molecule has 17 nitrogen and oxygen atoms in total. The predicted molar refractivity (Wildman–Crippen MR) is 445 cm³/mol. The molecule has 0 aromatic rings. The molecule has 5 unspecified atom stereocenters. The summed E-state index contributed by atoms with van der Waals surface area (Å²) in [6, 6.07) is 0. The third-order valence-electron chi connectivity index (χ3n) is 16.3. The van der Waals surface area contributed by atoms with Gasteiger partial charge in [-0.05, 0) is 180 Å². The van der Waals surface area contributed by atoms with Crippen LogP contribution in [0.3, 0.4) is 0 Å². The fourth-order valence-corrected chi connectivity index (χ4v) is 11.8. The molecule has 0 saturated carbocycles. The Morgan fingerprint density at radius 2 is 0.481 bits per heavy atom. The Balaban J connectivity index is 5.49. The van der Waals surface area contributed by atoms with Crippen molar-refractivity contribution in [3.8, 4) is 0 Å². The summed E-state index contributed by atoms with van der Waals surface area (Å²) in [5, 5.41) is 10.7. The topological polar surface area (TPSA) is 237 Å². The number of hydrogen-bond acceptors (Lipinski definition) is 15. The van der Waals surface area contributed by atoms with Crippen LogP contribution in [0.5, 0.6) is 0 Å². The minimum atomic E-state index is -5.01. The normalized spacial score (nSPS) is 14.8. The lowest BCUT2D eigenvalue weighted by Crippen LogP contribution is -2.30. The minimum Gasteiger partial charge on any atom is -0.462 e. The molecular formula is C89H144O17P2. The average molecular weight is 1550 g/mol. The number of carbonyl (C=O) groups excluding carboxylic acids is 4. The highest BCUT2D eigenvalue weighted by atomic mass is 31.2. The number of hydrogen-bond donors (Lipinski definition) is 3. The molecule has 0 radical (unpaired) electrons. The lowest BCUT2D eigenvalue weighted by atomic mass is 10.1. The van der Waals surface area contributed by atoms with Gasteiger partial charge in [0.05, 0.1) is 26.4 Å². The number of phosphoric acid groups is 2. The fraction of sp³-hybridized carbons (Fsp3) is 0.618. The third kappa shape index (κ3) is 78.3. The monoisotopic (exact) mass is 1550 g/mol. The molecule has 108 heavy (non-hydrogen) atoms. The maximum atomic E-state index is 13.1. The van der Waals surface area contributed by atoms with Gasteiger partial charge in [-0.15, -0.1) is 0 Å². The first-order chi connectivity index (χ1) is 52.7. The molecule has 0 saturated heterocycles. The van der Waals surface area contributed by atoms with Gasteiger partial charge in [0, 0.05) is 25.7 Å². The molecule has 0 aliphatic carbocycles. The van der Waals surface area contributed by atoms with Crippen molar-refractivity contribution in [2.24, 2.45) is 0 Å². The third-order valence-corrected chi connectivity index (χ3v) is 18.2. The van der Waals surface area contributed by atoms with Crippen LogP contribution in [0, 0.1) is 0 Å². The zero-order chi connectivity index (χ0) is 78.9. The Morgan fingerprint density at radius 3 is 0.769 bits per heavy atom. The predicted octanol–water partition coefficient (Wildman–Crippen LogP) is 24.3. The Hall–Kier alpha value is -5.84. The molecule has 0 aromatic carbocycles. The zero-order valence-corrected chi connectivity index (χ0v) is 68.7. The number of allylic oxidation sites excluding steroid dienone is 30. The highest BCUT2D eigenvalue weighted by Crippen LogP contribution is 2.45. The quantitative estimate of drug-likeness (QED) is 0.0169. The number of aliphatic hydroxyl groups is 1. The van der Waals surface area contributed by atoms with Crippen molar-refractivity contribution >= 4 is 39.5 Å². The molecule has 0 spiro atoms. The first-order valence-corrected chi connectivity index (χ1v) is 44.0. The van der Waals surface area contributed by atoms with Crippen LogP contribution < -0.4 is 0 Å². The molecule has 5 atom stereocenters. The maximum Gasteiger partial charge on any atom is 0.472 e. The molecule has 0 amide bonds. The first-order valence-electron chi connectivity index (χ1n) is 41.0. The van der Waals surface area contributed by atoms with E-state index in [0.29, 0.717) is 25.7 Å². The van der Waals surface area contributed by atoms with E-state index in [1.807, 2.05) is 0 Å². The van der Waals surface area contributed by atoms with Crippen LogP contribution in [0.1, 0.15) is 297 Å². The number of esters is 4. The summed E-state index contributed by atoms with van der Waals surface area (Å²) in [5.74, 6) is -2.31. The van der Waals surface area contributed by atoms with Crippen LogP contribution in [0.25, 0.3) is 0 Å². The van der Waals surface area contributed by atoms with Crippen molar-refractivity contribution in [3.05, 3.63) is 182 Å². The van der Waals surface area contributed by atoms with Gasteiger partial charge < -0.3 is 33.8 Å². The molecule has 0 heterocycles. The Labute approximate surface area is 654 Å². The second kappa shape index (κ2) is 79.3. The summed E-state index contributed by atoms with van der Waals surface area (Å²) in [7, 11) is -10.0. The number of rotatable bonds is 75. The van der Waals surface area contributed by atoms with Crippen LogP contribution in [0.15, 0.2) is 182 Å². The molecular weight excluding hydrogens is 1400 g/mol. The van der Waals surface area contributed by atoms with E-state index in [0.717, 1.165) is 199 Å². The Bertz CT molecular complexity index is 2760. The highest BCUT2D eigenvalue weighted by molar-refractivity contribution is 7.47. The Morgan fingerprint density at radius 1 is 0.269 bits per heavy atom.